The molecule has 2 heterocycles. The van der Waals surface area contributed by atoms with Gasteiger partial charge in [-0.25, -0.2) is 4.98 Å². The largest absolute Gasteiger partial charge is 0.481 e. The van der Waals surface area contributed by atoms with E-state index in [1.54, 1.807) is 13.3 Å². The van der Waals surface area contributed by atoms with E-state index in [1.807, 2.05) is 12.1 Å². The monoisotopic (exact) mass is 237 g/mol. The second-order valence-corrected chi connectivity index (χ2v) is 4.42. The summed E-state index contributed by atoms with van der Waals surface area (Å²) in [6.07, 6.45) is 1.72. The van der Waals surface area contributed by atoms with Crippen molar-refractivity contribution in [1.29, 1.82) is 0 Å². The number of anilines is 1. The van der Waals surface area contributed by atoms with Crippen LogP contribution in [0.1, 0.15) is 6.92 Å². The van der Waals surface area contributed by atoms with Gasteiger partial charge in [0.25, 0.3) is 0 Å². The Morgan fingerprint density at radius 1 is 1.56 bits per heavy atom. The molecule has 1 aliphatic heterocycles. The minimum Gasteiger partial charge on any atom is -0.481 e. The Hall–Kier alpha value is -1.36. The Morgan fingerprint density at radius 3 is 2.81 bits per heavy atom. The van der Waals surface area contributed by atoms with Crippen LogP contribution in [-0.4, -0.2) is 35.2 Å². The topological polar surface area (TPSA) is 37.4 Å². The zero-order valence-electron chi connectivity index (χ0n) is 9.43. The van der Waals surface area contributed by atoms with Crippen LogP contribution in [0.15, 0.2) is 18.3 Å². The van der Waals surface area contributed by atoms with Crippen LogP contribution in [0, 0.1) is 5.92 Å². The SMILES string of the molecule is COc1ccc(NC(=S)N2CC(C)C2)cn1. The fourth-order valence-electron chi connectivity index (χ4n) is 1.64. The van der Waals surface area contributed by atoms with Gasteiger partial charge in [-0.15, -0.1) is 0 Å². The molecule has 2 rings (SSSR count). The summed E-state index contributed by atoms with van der Waals surface area (Å²) in [6.45, 7) is 4.29. The van der Waals surface area contributed by atoms with Crippen molar-refractivity contribution in [2.45, 2.75) is 6.92 Å². The molecule has 0 unspecified atom stereocenters. The van der Waals surface area contributed by atoms with Crippen molar-refractivity contribution < 1.29 is 4.74 Å². The second-order valence-electron chi connectivity index (χ2n) is 4.03. The summed E-state index contributed by atoms with van der Waals surface area (Å²) in [6, 6.07) is 3.71. The van der Waals surface area contributed by atoms with E-state index in [0.29, 0.717) is 5.88 Å². The second kappa shape index (κ2) is 4.65. The maximum atomic E-state index is 5.28. The normalized spacial score (nSPS) is 15.5. The van der Waals surface area contributed by atoms with Gasteiger partial charge in [-0.3, -0.25) is 0 Å². The summed E-state index contributed by atoms with van der Waals surface area (Å²) in [5, 5.41) is 3.92. The summed E-state index contributed by atoms with van der Waals surface area (Å²) >= 11 is 5.28. The van der Waals surface area contributed by atoms with E-state index in [2.05, 4.69) is 22.1 Å². The van der Waals surface area contributed by atoms with Gasteiger partial charge in [-0.05, 0) is 24.2 Å². The Labute approximate surface area is 101 Å². The van der Waals surface area contributed by atoms with E-state index in [-0.39, 0.29) is 0 Å². The van der Waals surface area contributed by atoms with Gasteiger partial charge < -0.3 is 15.0 Å². The standard InChI is InChI=1S/C11H15N3OS/c1-8-6-14(7-8)11(16)13-9-3-4-10(15-2)12-5-9/h3-5,8H,6-7H2,1-2H3,(H,13,16). The van der Waals surface area contributed by atoms with Gasteiger partial charge in [0.1, 0.15) is 0 Å². The predicted octanol–water partition coefficient (Wildman–Crippen LogP) is 1.74. The van der Waals surface area contributed by atoms with Gasteiger partial charge in [0.2, 0.25) is 5.88 Å². The van der Waals surface area contributed by atoms with E-state index in [4.69, 9.17) is 17.0 Å². The van der Waals surface area contributed by atoms with Crippen LogP contribution in [0.4, 0.5) is 5.69 Å². The Kier molecular flexibility index (Phi) is 3.24. The number of methoxy groups -OCH3 is 1. The smallest absolute Gasteiger partial charge is 0.213 e. The van der Waals surface area contributed by atoms with Crippen LogP contribution in [0.3, 0.4) is 0 Å². The molecule has 0 aliphatic carbocycles. The molecule has 0 saturated carbocycles. The van der Waals surface area contributed by atoms with Crippen LogP contribution >= 0.6 is 12.2 Å². The molecule has 0 spiro atoms. The number of likely N-dealkylation sites (tertiary alicyclic amines) is 1. The molecule has 0 bridgehead atoms. The van der Waals surface area contributed by atoms with Crippen molar-refractivity contribution in [2.24, 2.45) is 5.92 Å². The molecule has 1 aromatic heterocycles. The molecule has 1 saturated heterocycles. The molecule has 1 fully saturated rings. The maximum Gasteiger partial charge on any atom is 0.213 e. The highest BCUT2D eigenvalue weighted by molar-refractivity contribution is 7.80. The van der Waals surface area contributed by atoms with Crippen LogP contribution in [0.5, 0.6) is 5.88 Å². The van der Waals surface area contributed by atoms with Crippen LogP contribution in [0.2, 0.25) is 0 Å². The van der Waals surface area contributed by atoms with Crippen molar-refractivity contribution in [3.63, 3.8) is 0 Å². The molecule has 4 nitrogen and oxygen atoms in total. The van der Waals surface area contributed by atoms with Gasteiger partial charge in [0.15, 0.2) is 5.11 Å². The first-order chi connectivity index (χ1) is 7.69. The van der Waals surface area contributed by atoms with Crippen molar-refractivity contribution in [3.8, 4) is 5.88 Å². The molecule has 1 N–H and O–H groups in total. The van der Waals surface area contributed by atoms with Crippen molar-refractivity contribution in [3.05, 3.63) is 18.3 Å². The van der Waals surface area contributed by atoms with Crippen molar-refractivity contribution >= 4 is 23.0 Å². The first-order valence-electron chi connectivity index (χ1n) is 5.25. The summed E-state index contributed by atoms with van der Waals surface area (Å²) in [4.78, 5) is 6.25. The zero-order chi connectivity index (χ0) is 11.5. The van der Waals surface area contributed by atoms with E-state index >= 15 is 0 Å². The van der Waals surface area contributed by atoms with Crippen LogP contribution < -0.4 is 10.1 Å². The number of hydrogen-bond donors (Lipinski definition) is 1. The molecular formula is C11H15N3OS. The van der Waals surface area contributed by atoms with E-state index < -0.39 is 0 Å². The first-order valence-corrected chi connectivity index (χ1v) is 5.66. The summed E-state index contributed by atoms with van der Waals surface area (Å²) in [7, 11) is 1.60. The number of nitrogens with one attached hydrogen (secondary N) is 1. The lowest BCUT2D eigenvalue weighted by Gasteiger charge is -2.39. The summed E-state index contributed by atoms with van der Waals surface area (Å²) in [5.41, 5.74) is 0.894. The van der Waals surface area contributed by atoms with E-state index in [9.17, 15) is 0 Å². The van der Waals surface area contributed by atoms with Gasteiger partial charge in [0, 0.05) is 19.2 Å². The minimum atomic E-state index is 0.606. The highest BCUT2D eigenvalue weighted by Gasteiger charge is 2.24. The predicted molar refractivity (Wildman–Crippen MR) is 67.7 cm³/mol. The quantitative estimate of drug-likeness (QED) is 0.793. The summed E-state index contributed by atoms with van der Waals surface area (Å²) in [5.74, 6) is 1.35. The number of nitrogens with zero attached hydrogens (tertiary/aromatic N) is 2. The average Bonchev–Trinajstić information content (AvgIpc) is 2.26. The van der Waals surface area contributed by atoms with Crippen molar-refractivity contribution in [1.82, 2.24) is 9.88 Å². The average molecular weight is 237 g/mol. The third kappa shape index (κ3) is 2.41. The summed E-state index contributed by atoms with van der Waals surface area (Å²) < 4.78 is 4.99. The van der Waals surface area contributed by atoms with Crippen LogP contribution in [0.25, 0.3) is 0 Å². The van der Waals surface area contributed by atoms with Gasteiger partial charge in [-0.1, -0.05) is 6.92 Å². The fraction of sp³-hybridized carbons (Fsp3) is 0.455. The van der Waals surface area contributed by atoms with E-state index in [0.717, 1.165) is 29.8 Å². The van der Waals surface area contributed by atoms with Gasteiger partial charge in [0.05, 0.1) is 19.0 Å². The molecule has 86 valence electrons. The zero-order valence-corrected chi connectivity index (χ0v) is 10.3. The molecule has 0 aromatic carbocycles. The van der Waals surface area contributed by atoms with Gasteiger partial charge >= 0.3 is 0 Å². The molecule has 5 heteroatoms. The fourth-order valence-corrected chi connectivity index (χ4v) is 1.91. The lowest BCUT2D eigenvalue weighted by Crippen LogP contribution is -2.50. The molecule has 0 radical (unpaired) electrons. The molecule has 1 aromatic rings. The Bertz CT molecular complexity index is 373. The van der Waals surface area contributed by atoms with Gasteiger partial charge in [-0.2, -0.15) is 0 Å². The first kappa shape index (κ1) is 11.1. The molecule has 0 amide bonds. The lowest BCUT2D eigenvalue weighted by molar-refractivity contribution is 0.209. The molecule has 16 heavy (non-hydrogen) atoms. The molecular weight excluding hydrogens is 222 g/mol. The van der Waals surface area contributed by atoms with Crippen LogP contribution in [-0.2, 0) is 0 Å². The third-order valence-corrected chi connectivity index (χ3v) is 2.91. The number of hydrogen-bond acceptors (Lipinski definition) is 3. The number of aromatic nitrogens is 1. The maximum absolute atomic E-state index is 5.28. The number of thiocarbonyl (C=S) groups is 1. The number of rotatable bonds is 2. The molecule has 0 atom stereocenters. The van der Waals surface area contributed by atoms with E-state index in [1.165, 1.54) is 0 Å². The highest BCUT2D eigenvalue weighted by Crippen LogP contribution is 2.17. The minimum absolute atomic E-state index is 0.606. The number of ether oxygens (including phenoxy) is 1. The molecule has 1 aliphatic rings. The van der Waals surface area contributed by atoms with Crippen molar-refractivity contribution in [2.75, 3.05) is 25.5 Å². The third-order valence-electron chi connectivity index (χ3n) is 2.55. The highest BCUT2D eigenvalue weighted by atomic mass is 32.1. The lowest BCUT2D eigenvalue weighted by atomic mass is 10.0. The Morgan fingerprint density at radius 2 is 2.31 bits per heavy atom. The Balaban J connectivity index is 1.90. The number of pyridine rings is 1.